The van der Waals surface area contributed by atoms with E-state index in [1.807, 2.05) is 19.1 Å². The molecule has 0 amide bonds. The number of allylic oxidation sites excluding steroid dienone is 3. The van der Waals surface area contributed by atoms with Crippen LogP contribution in [0.25, 0.3) is 0 Å². The molecule has 0 rings (SSSR count). The van der Waals surface area contributed by atoms with Crippen molar-refractivity contribution in [2.45, 2.75) is 20.8 Å². The van der Waals surface area contributed by atoms with Crippen LogP contribution in [0.15, 0.2) is 23.7 Å². The monoisotopic (exact) mass is 226 g/mol. The lowest BCUT2D eigenvalue weighted by Crippen LogP contribution is -2.35. The van der Waals surface area contributed by atoms with Crippen molar-refractivity contribution >= 4 is 0 Å². The molecule has 4 N–H and O–H groups in total. The molecule has 4 heteroatoms. The van der Waals surface area contributed by atoms with Gasteiger partial charge in [-0.3, -0.25) is 0 Å². The van der Waals surface area contributed by atoms with Gasteiger partial charge in [0, 0.05) is 25.3 Å². The maximum Gasteiger partial charge on any atom is 0.0987 e. The minimum Gasteiger partial charge on any atom is -0.402 e. The molecular formula is C12H26N4. The van der Waals surface area contributed by atoms with Crippen LogP contribution in [0, 0.1) is 0 Å². The first-order valence-corrected chi connectivity index (χ1v) is 5.84. The van der Waals surface area contributed by atoms with Crippen LogP contribution in [0.4, 0.5) is 0 Å². The fourth-order valence-corrected chi connectivity index (χ4v) is 1.24. The molecule has 0 saturated carbocycles. The normalized spacial score (nSPS) is 13.3. The van der Waals surface area contributed by atoms with E-state index in [0.717, 1.165) is 37.7 Å². The molecule has 0 saturated heterocycles. The van der Waals surface area contributed by atoms with Gasteiger partial charge in [-0.25, -0.2) is 0 Å². The summed E-state index contributed by atoms with van der Waals surface area (Å²) in [6.07, 6.45) is 3.70. The predicted octanol–water partition coefficient (Wildman–Crippen LogP) is 0.923. The number of rotatable bonds is 7. The highest BCUT2D eigenvalue weighted by atomic mass is 15.2. The topological polar surface area (TPSA) is 58.5 Å². The number of hydrogen-bond acceptors (Lipinski definition) is 4. The largest absolute Gasteiger partial charge is 0.402 e. The summed E-state index contributed by atoms with van der Waals surface area (Å²) >= 11 is 0. The third-order valence-electron chi connectivity index (χ3n) is 2.56. The molecular weight excluding hydrogens is 200 g/mol. The summed E-state index contributed by atoms with van der Waals surface area (Å²) in [5.74, 6) is 0.775. The predicted molar refractivity (Wildman–Crippen MR) is 70.6 cm³/mol. The lowest BCUT2D eigenvalue weighted by Gasteiger charge is -2.25. The molecule has 0 spiro atoms. The van der Waals surface area contributed by atoms with Gasteiger partial charge in [0.05, 0.1) is 5.82 Å². The summed E-state index contributed by atoms with van der Waals surface area (Å²) in [5, 5.41) is 0. The van der Waals surface area contributed by atoms with Crippen molar-refractivity contribution in [2.24, 2.45) is 11.5 Å². The molecule has 0 unspecified atom stereocenters. The second-order valence-corrected chi connectivity index (χ2v) is 3.98. The Hall–Kier alpha value is -1.16. The Bertz CT molecular complexity index is 241. The van der Waals surface area contributed by atoms with Crippen LogP contribution in [0.1, 0.15) is 20.8 Å². The number of nitrogens with two attached hydrogens (primary N) is 2. The Morgan fingerprint density at radius 2 is 1.69 bits per heavy atom. The van der Waals surface area contributed by atoms with Crippen molar-refractivity contribution in [3.8, 4) is 0 Å². The Labute approximate surface area is 99.6 Å². The van der Waals surface area contributed by atoms with Gasteiger partial charge >= 0.3 is 0 Å². The molecule has 0 aromatic rings. The van der Waals surface area contributed by atoms with Gasteiger partial charge in [-0.15, -0.1) is 0 Å². The van der Waals surface area contributed by atoms with Crippen LogP contribution in [0.5, 0.6) is 0 Å². The summed E-state index contributed by atoms with van der Waals surface area (Å²) in [6.45, 7) is 10.0. The fourth-order valence-electron chi connectivity index (χ4n) is 1.24. The van der Waals surface area contributed by atoms with Gasteiger partial charge in [-0.1, -0.05) is 6.92 Å². The fraction of sp³-hybridized carbons (Fsp3) is 0.667. The Balaban J connectivity index is 4.27. The second kappa shape index (κ2) is 8.05. The maximum absolute atomic E-state index is 5.97. The van der Waals surface area contributed by atoms with Crippen molar-refractivity contribution < 1.29 is 0 Å². The molecule has 0 aliphatic rings. The van der Waals surface area contributed by atoms with Crippen LogP contribution in [0.3, 0.4) is 0 Å². The van der Waals surface area contributed by atoms with Crippen LogP contribution in [-0.4, -0.2) is 43.0 Å². The van der Waals surface area contributed by atoms with Crippen LogP contribution in [-0.2, 0) is 0 Å². The average molecular weight is 226 g/mol. The zero-order valence-corrected chi connectivity index (χ0v) is 11.0. The van der Waals surface area contributed by atoms with Gasteiger partial charge in [-0.2, -0.15) is 0 Å². The van der Waals surface area contributed by atoms with E-state index < -0.39 is 0 Å². The SMILES string of the molecule is CCN(C)CCN(CC)/C(N)=C/C=C(/C)N. The van der Waals surface area contributed by atoms with Gasteiger partial charge < -0.3 is 21.3 Å². The third kappa shape index (κ3) is 6.35. The van der Waals surface area contributed by atoms with Crippen molar-refractivity contribution in [2.75, 3.05) is 33.2 Å². The first-order valence-electron chi connectivity index (χ1n) is 5.84. The van der Waals surface area contributed by atoms with E-state index in [0.29, 0.717) is 0 Å². The standard InChI is InChI=1S/C12H26N4/c1-5-15(4)9-10-16(6-2)12(14)8-7-11(3)13/h7-8H,5-6,9-10,13-14H2,1-4H3/b11-7-,12-8+. The Morgan fingerprint density at radius 1 is 1.06 bits per heavy atom. The molecule has 0 aromatic carbocycles. The first-order chi connectivity index (χ1) is 7.51. The zero-order valence-electron chi connectivity index (χ0n) is 11.0. The zero-order chi connectivity index (χ0) is 12.6. The van der Waals surface area contributed by atoms with Gasteiger partial charge in [0.25, 0.3) is 0 Å². The molecule has 94 valence electrons. The quantitative estimate of drug-likeness (QED) is 0.634. The first kappa shape index (κ1) is 14.8. The average Bonchev–Trinajstić information content (AvgIpc) is 2.26. The molecule has 0 atom stereocenters. The van der Waals surface area contributed by atoms with Crippen molar-refractivity contribution in [1.29, 1.82) is 0 Å². The highest BCUT2D eigenvalue weighted by Crippen LogP contribution is 1.99. The van der Waals surface area contributed by atoms with E-state index >= 15 is 0 Å². The number of hydrogen-bond donors (Lipinski definition) is 2. The lowest BCUT2D eigenvalue weighted by molar-refractivity contribution is 0.275. The van der Waals surface area contributed by atoms with Gasteiger partial charge in [0.1, 0.15) is 0 Å². The van der Waals surface area contributed by atoms with Gasteiger partial charge in [0.2, 0.25) is 0 Å². The Kier molecular flexibility index (Phi) is 7.46. The van der Waals surface area contributed by atoms with Crippen LogP contribution >= 0.6 is 0 Å². The van der Waals surface area contributed by atoms with Crippen LogP contribution in [0.2, 0.25) is 0 Å². The number of nitrogens with zero attached hydrogens (tertiary/aromatic N) is 2. The molecule has 0 heterocycles. The minimum absolute atomic E-state index is 0.768. The molecule has 0 aliphatic carbocycles. The van der Waals surface area contributed by atoms with Crippen molar-refractivity contribution in [1.82, 2.24) is 9.80 Å². The number of likely N-dealkylation sites (N-methyl/N-ethyl adjacent to an activating group) is 2. The molecule has 0 radical (unpaired) electrons. The highest BCUT2D eigenvalue weighted by molar-refractivity contribution is 5.12. The Morgan fingerprint density at radius 3 is 2.12 bits per heavy atom. The maximum atomic E-state index is 5.97. The van der Waals surface area contributed by atoms with Crippen molar-refractivity contribution in [3.63, 3.8) is 0 Å². The van der Waals surface area contributed by atoms with Gasteiger partial charge in [-0.05, 0) is 39.6 Å². The summed E-state index contributed by atoms with van der Waals surface area (Å²) in [4.78, 5) is 4.41. The summed E-state index contributed by atoms with van der Waals surface area (Å²) in [5.41, 5.74) is 12.3. The third-order valence-corrected chi connectivity index (χ3v) is 2.56. The molecule has 16 heavy (non-hydrogen) atoms. The molecule has 0 aromatic heterocycles. The van der Waals surface area contributed by atoms with Crippen LogP contribution < -0.4 is 11.5 Å². The second-order valence-electron chi connectivity index (χ2n) is 3.98. The van der Waals surface area contributed by atoms with E-state index in [2.05, 4.69) is 30.7 Å². The summed E-state index contributed by atoms with van der Waals surface area (Å²) in [6, 6.07) is 0. The lowest BCUT2D eigenvalue weighted by atomic mass is 10.3. The van der Waals surface area contributed by atoms with E-state index in [9.17, 15) is 0 Å². The van der Waals surface area contributed by atoms with Crippen molar-refractivity contribution in [3.05, 3.63) is 23.7 Å². The van der Waals surface area contributed by atoms with Gasteiger partial charge in [0.15, 0.2) is 0 Å². The molecule has 0 bridgehead atoms. The summed E-state index contributed by atoms with van der Waals surface area (Å²) in [7, 11) is 2.11. The summed E-state index contributed by atoms with van der Waals surface area (Å²) < 4.78 is 0. The van der Waals surface area contributed by atoms with E-state index in [1.54, 1.807) is 0 Å². The molecule has 4 nitrogen and oxygen atoms in total. The van der Waals surface area contributed by atoms with E-state index in [1.165, 1.54) is 0 Å². The van der Waals surface area contributed by atoms with E-state index in [4.69, 9.17) is 11.5 Å². The minimum atomic E-state index is 0.768. The molecule has 0 aliphatic heterocycles. The molecule has 0 fully saturated rings. The highest BCUT2D eigenvalue weighted by Gasteiger charge is 2.04. The van der Waals surface area contributed by atoms with E-state index in [-0.39, 0.29) is 0 Å². The smallest absolute Gasteiger partial charge is 0.0987 e.